The van der Waals surface area contributed by atoms with Crippen LogP contribution in [0.3, 0.4) is 0 Å². The molecule has 3 atom stereocenters. The lowest BCUT2D eigenvalue weighted by molar-refractivity contribution is -0.0546. The Morgan fingerprint density at radius 1 is 1.26 bits per heavy atom. The molecule has 1 fully saturated rings. The van der Waals surface area contributed by atoms with Crippen LogP contribution in [-0.2, 0) is 17.8 Å². The maximum absolute atomic E-state index is 6.51. The van der Waals surface area contributed by atoms with Crippen LogP contribution in [0.5, 0.6) is 0 Å². The highest BCUT2D eigenvalue weighted by Gasteiger charge is 2.50. The van der Waals surface area contributed by atoms with Crippen LogP contribution < -0.4 is 5.32 Å². The Bertz CT molecular complexity index is 736. The van der Waals surface area contributed by atoms with E-state index < -0.39 is 0 Å². The van der Waals surface area contributed by atoms with Crippen LogP contribution in [0.25, 0.3) is 0 Å². The van der Waals surface area contributed by atoms with Crippen molar-refractivity contribution in [1.29, 1.82) is 0 Å². The van der Waals surface area contributed by atoms with Gasteiger partial charge in [-0.05, 0) is 46.5 Å². The molecule has 0 amide bonds. The number of fused-ring (bicyclic) bond motifs is 3. The van der Waals surface area contributed by atoms with Crippen LogP contribution >= 0.6 is 27.5 Å². The SMILES string of the molecule is CC12CNC(Cc3ccccc3)C1c1ccc(Br)c(Cl)c1CO2. The van der Waals surface area contributed by atoms with Gasteiger partial charge in [-0.25, -0.2) is 0 Å². The van der Waals surface area contributed by atoms with Gasteiger partial charge in [0.1, 0.15) is 0 Å². The molecule has 0 bridgehead atoms. The first-order chi connectivity index (χ1) is 11.1. The zero-order valence-corrected chi connectivity index (χ0v) is 15.3. The van der Waals surface area contributed by atoms with Crippen molar-refractivity contribution in [3.8, 4) is 0 Å². The average molecular weight is 393 g/mol. The number of rotatable bonds is 2. The van der Waals surface area contributed by atoms with Gasteiger partial charge < -0.3 is 10.1 Å². The maximum atomic E-state index is 6.51. The lowest BCUT2D eigenvalue weighted by atomic mass is 9.76. The van der Waals surface area contributed by atoms with Gasteiger partial charge in [-0.1, -0.05) is 48.0 Å². The zero-order valence-electron chi connectivity index (χ0n) is 13.0. The fourth-order valence-electron chi connectivity index (χ4n) is 4.01. The van der Waals surface area contributed by atoms with Crippen molar-refractivity contribution in [3.63, 3.8) is 0 Å². The summed E-state index contributed by atoms with van der Waals surface area (Å²) in [5, 5.41) is 4.47. The van der Waals surface area contributed by atoms with Crippen molar-refractivity contribution >= 4 is 27.5 Å². The van der Waals surface area contributed by atoms with E-state index in [0.29, 0.717) is 18.6 Å². The highest BCUT2D eigenvalue weighted by molar-refractivity contribution is 9.10. The second-order valence-corrected chi connectivity index (χ2v) is 7.92. The fraction of sp³-hybridized carbons (Fsp3) is 0.368. The molecule has 23 heavy (non-hydrogen) atoms. The highest BCUT2D eigenvalue weighted by Crippen LogP contribution is 2.47. The molecular formula is C19H19BrClNO. The quantitative estimate of drug-likeness (QED) is 0.800. The van der Waals surface area contributed by atoms with Gasteiger partial charge in [0.05, 0.1) is 17.2 Å². The van der Waals surface area contributed by atoms with Crippen LogP contribution in [0, 0.1) is 0 Å². The third kappa shape index (κ3) is 2.64. The summed E-state index contributed by atoms with van der Waals surface area (Å²) >= 11 is 10.0. The minimum Gasteiger partial charge on any atom is -0.369 e. The van der Waals surface area contributed by atoms with E-state index in [4.69, 9.17) is 16.3 Å². The summed E-state index contributed by atoms with van der Waals surface area (Å²) in [6, 6.07) is 15.3. The predicted octanol–water partition coefficient (Wildman–Crippen LogP) is 4.69. The molecule has 0 spiro atoms. The second-order valence-electron chi connectivity index (χ2n) is 6.69. The number of benzene rings is 2. The Labute approximate surface area is 150 Å². The Morgan fingerprint density at radius 2 is 2.04 bits per heavy atom. The third-order valence-electron chi connectivity index (χ3n) is 5.19. The lowest BCUT2D eigenvalue weighted by Gasteiger charge is -2.39. The molecule has 1 saturated heterocycles. The van der Waals surface area contributed by atoms with Crippen LogP contribution in [0.4, 0.5) is 0 Å². The summed E-state index contributed by atoms with van der Waals surface area (Å²) in [4.78, 5) is 0. The molecule has 2 aromatic rings. The largest absolute Gasteiger partial charge is 0.369 e. The number of halogens is 2. The molecule has 4 rings (SSSR count). The van der Waals surface area contributed by atoms with Crippen molar-refractivity contribution in [1.82, 2.24) is 5.32 Å². The first-order valence-electron chi connectivity index (χ1n) is 7.96. The second kappa shape index (κ2) is 5.89. The van der Waals surface area contributed by atoms with Gasteiger partial charge >= 0.3 is 0 Å². The summed E-state index contributed by atoms with van der Waals surface area (Å²) in [6.45, 7) is 3.68. The van der Waals surface area contributed by atoms with E-state index in [1.807, 2.05) is 0 Å². The smallest absolute Gasteiger partial charge is 0.0866 e. The molecule has 0 radical (unpaired) electrons. The first-order valence-corrected chi connectivity index (χ1v) is 9.13. The Morgan fingerprint density at radius 3 is 2.83 bits per heavy atom. The van der Waals surface area contributed by atoms with E-state index in [0.717, 1.165) is 28.0 Å². The summed E-state index contributed by atoms with van der Waals surface area (Å²) < 4.78 is 7.19. The Balaban J connectivity index is 1.73. The van der Waals surface area contributed by atoms with E-state index in [-0.39, 0.29) is 5.60 Å². The molecule has 2 heterocycles. The minimum atomic E-state index is -0.163. The lowest BCUT2D eigenvalue weighted by Crippen LogP contribution is -2.41. The summed E-state index contributed by atoms with van der Waals surface area (Å²) in [5.41, 5.74) is 3.65. The number of ether oxygens (including phenoxy) is 1. The van der Waals surface area contributed by atoms with E-state index in [2.05, 4.69) is 70.6 Å². The van der Waals surface area contributed by atoms with Crippen LogP contribution in [0.15, 0.2) is 46.9 Å². The number of hydrogen-bond donors (Lipinski definition) is 1. The summed E-state index contributed by atoms with van der Waals surface area (Å²) in [6.07, 6.45) is 0.998. The average Bonchev–Trinajstić information content (AvgIpc) is 2.89. The number of nitrogens with one attached hydrogen (secondary N) is 1. The molecule has 2 aliphatic rings. The molecule has 1 N–H and O–H groups in total. The third-order valence-corrected chi connectivity index (χ3v) is 6.51. The molecule has 0 saturated carbocycles. The molecule has 2 aromatic carbocycles. The normalized spacial score (nSPS) is 29.2. The predicted molar refractivity (Wildman–Crippen MR) is 97.0 cm³/mol. The topological polar surface area (TPSA) is 21.3 Å². The van der Waals surface area contributed by atoms with Gasteiger partial charge in [0.25, 0.3) is 0 Å². The van der Waals surface area contributed by atoms with E-state index in [1.54, 1.807) is 0 Å². The van der Waals surface area contributed by atoms with Gasteiger partial charge in [-0.15, -0.1) is 0 Å². The van der Waals surface area contributed by atoms with Gasteiger partial charge in [-0.2, -0.15) is 0 Å². The van der Waals surface area contributed by atoms with Gasteiger partial charge in [0.15, 0.2) is 0 Å². The summed E-state index contributed by atoms with van der Waals surface area (Å²) in [7, 11) is 0. The molecule has 0 aliphatic carbocycles. The highest BCUT2D eigenvalue weighted by atomic mass is 79.9. The van der Waals surface area contributed by atoms with E-state index >= 15 is 0 Å². The molecule has 0 aromatic heterocycles. The van der Waals surface area contributed by atoms with E-state index in [9.17, 15) is 0 Å². The maximum Gasteiger partial charge on any atom is 0.0866 e. The summed E-state index contributed by atoms with van der Waals surface area (Å²) in [5.74, 6) is 0.317. The van der Waals surface area contributed by atoms with Crippen molar-refractivity contribution in [3.05, 3.63) is 68.7 Å². The van der Waals surface area contributed by atoms with Crippen molar-refractivity contribution in [2.24, 2.45) is 0 Å². The fourth-order valence-corrected chi connectivity index (χ4v) is 4.61. The van der Waals surface area contributed by atoms with Gasteiger partial charge in [-0.3, -0.25) is 0 Å². The minimum absolute atomic E-state index is 0.163. The molecular weight excluding hydrogens is 374 g/mol. The Kier molecular flexibility index (Phi) is 4.01. The van der Waals surface area contributed by atoms with Crippen LogP contribution in [0.1, 0.15) is 29.5 Å². The van der Waals surface area contributed by atoms with Crippen molar-refractivity contribution < 1.29 is 4.74 Å². The van der Waals surface area contributed by atoms with E-state index in [1.165, 1.54) is 11.1 Å². The molecule has 2 aliphatic heterocycles. The van der Waals surface area contributed by atoms with Crippen molar-refractivity contribution in [2.75, 3.05) is 6.54 Å². The first kappa shape index (κ1) is 15.6. The molecule has 2 nitrogen and oxygen atoms in total. The molecule has 4 heteroatoms. The van der Waals surface area contributed by atoms with Crippen LogP contribution in [0.2, 0.25) is 5.02 Å². The molecule has 120 valence electrons. The van der Waals surface area contributed by atoms with Gasteiger partial charge in [0.2, 0.25) is 0 Å². The Hall–Kier alpha value is -0.870. The number of hydrogen-bond acceptors (Lipinski definition) is 2. The molecule has 3 unspecified atom stereocenters. The standard InChI is InChI=1S/C19H19BrClNO/c1-19-11-22-16(9-12-5-3-2-4-6-12)17(19)13-7-8-15(20)18(21)14(13)10-23-19/h2-8,16-17,22H,9-11H2,1H3. The van der Waals surface area contributed by atoms with Crippen LogP contribution in [-0.4, -0.2) is 18.2 Å². The van der Waals surface area contributed by atoms with Crippen molar-refractivity contribution in [2.45, 2.75) is 37.5 Å². The van der Waals surface area contributed by atoms with Gasteiger partial charge in [0, 0.05) is 28.5 Å². The zero-order chi connectivity index (χ0) is 16.0. The monoisotopic (exact) mass is 391 g/mol.